The Morgan fingerprint density at radius 2 is 1.91 bits per heavy atom. The van der Waals surface area contributed by atoms with Crippen molar-refractivity contribution in [3.8, 4) is 5.75 Å². The zero-order valence-electron chi connectivity index (χ0n) is 19.4. The molecule has 4 aromatic rings. The summed E-state index contributed by atoms with van der Waals surface area (Å²) < 4.78 is 13.5. The van der Waals surface area contributed by atoms with Crippen molar-refractivity contribution in [3.05, 3.63) is 96.7 Å². The van der Waals surface area contributed by atoms with Gasteiger partial charge in [-0.15, -0.1) is 6.58 Å². The van der Waals surface area contributed by atoms with Crippen LogP contribution in [0.3, 0.4) is 0 Å². The maximum atomic E-state index is 11.9. The molecule has 1 amide bonds. The Balaban J connectivity index is 1.30. The quantitative estimate of drug-likeness (QED) is 0.210. The summed E-state index contributed by atoms with van der Waals surface area (Å²) >= 11 is 0. The van der Waals surface area contributed by atoms with Crippen molar-refractivity contribution in [2.24, 2.45) is 0 Å². The van der Waals surface area contributed by atoms with Crippen molar-refractivity contribution >= 4 is 16.9 Å². The molecule has 6 nitrogen and oxygen atoms in total. The van der Waals surface area contributed by atoms with Gasteiger partial charge in [-0.1, -0.05) is 42.8 Å². The molecule has 0 radical (unpaired) electrons. The number of rotatable bonds is 13. The number of ether oxygens (including phenoxy) is 1. The van der Waals surface area contributed by atoms with Crippen molar-refractivity contribution in [2.45, 2.75) is 38.6 Å². The number of imidazole rings is 1. The lowest BCUT2D eigenvalue weighted by molar-refractivity contribution is 0.0925. The third-order valence-corrected chi connectivity index (χ3v) is 5.75. The number of hydrogen-bond acceptors (Lipinski definition) is 4. The standard InChI is InChI=1S/C28H31N3O3/c1-2-11-22-12-5-8-15-25(22)34-21-19-31-24-14-7-6-13-23(24)30-27(31)17-4-3-9-18-29-28(32)26-16-10-20-33-26/h2,5-8,10,12-16,20H,1,3-4,9,11,17-19,21H2,(H,29,32). The van der Waals surface area contributed by atoms with Gasteiger partial charge >= 0.3 is 0 Å². The fourth-order valence-electron chi connectivity index (χ4n) is 4.06. The summed E-state index contributed by atoms with van der Waals surface area (Å²) in [7, 11) is 0. The van der Waals surface area contributed by atoms with Gasteiger partial charge in [0, 0.05) is 13.0 Å². The smallest absolute Gasteiger partial charge is 0.286 e. The van der Waals surface area contributed by atoms with Gasteiger partial charge < -0.3 is 19.0 Å². The van der Waals surface area contributed by atoms with Crippen LogP contribution in [0.1, 0.15) is 41.2 Å². The number of nitrogens with zero attached hydrogens (tertiary/aromatic N) is 2. The van der Waals surface area contributed by atoms with Crippen molar-refractivity contribution in [2.75, 3.05) is 13.2 Å². The highest BCUT2D eigenvalue weighted by molar-refractivity contribution is 5.91. The second kappa shape index (κ2) is 11.9. The van der Waals surface area contributed by atoms with Crippen molar-refractivity contribution < 1.29 is 13.9 Å². The number of fused-ring (bicyclic) bond motifs is 1. The van der Waals surface area contributed by atoms with Crippen molar-refractivity contribution in [3.63, 3.8) is 0 Å². The van der Waals surface area contributed by atoms with E-state index in [1.165, 1.54) is 6.26 Å². The number of aryl methyl sites for hydroxylation is 1. The predicted octanol–water partition coefficient (Wildman–Crippen LogP) is 5.58. The van der Waals surface area contributed by atoms with E-state index in [0.29, 0.717) is 18.9 Å². The van der Waals surface area contributed by atoms with Crippen molar-refractivity contribution in [1.82, 2.24) is 14.9 Å². The van der Waals surface area contributed by atoms with Crippen LogP contribution in [0.25, 0.3) is 11.0 Å². The zero-order chi connectivity index (χ0) is 23.6. The van der Waals surface area contributed by atoms with E-state index in [0.717, 1.165) is 66.8 Å². The highest BCUT2D eigenvalue weighted by Gasteiger charge is 2.11. The highest BCUT2D eigenvalue weighted by atomic mass is 16.5. The van der Waals surface area contributed by atoms with Crippen LogP contribution in [-0.4, -0.2) is 28.6 Å². The topological polar surface area (TPSA) is 69.3 Å². The molecule has 34 heavy (non-hydrogen) atoms. The number of furan rings is 1. The van der Waals surface area contributed by atoms with Gasteiger partial charge in [-0.25, -0.2) is 4.98 Å². The molecule has 0 saturated heterocycles. The van der Waals surface area contributed by atoms with Gasteiger partial charge in [0.25, 0.3) is 5.91 Å². The number of para-hydroxylation sites is 3. The molecule has 2 aromatic carbocycles. The summed E-state index contributed by atoms with van der Waals surface area (Å²) in [5, 5.41) is 2.90. The molecule has 6 heteroatoms. The van der Waals surface area contributed by atoms with Crippen LogP contribution >= 0.6 is 0 Å². The maximum Gasteiger partial charge on any atom is 0.286 e. The average Bonchev–Trinajstić information content (AvgIpc) is 3.51. The van der Waals surface area contributed by atoms with E-state index in [1.54, 1.807) is 12.1 Å². The molecular weight excluding hydrogens is 426 g/mol. The summed E-state index contributed by atoms with van der Waals surface area (Å²) in [5.74, 6) is 2.17. The number of aromatic nitrogens is 2. The number of unbranched alkanes of at least 4 members (excludes halogenated alkanes) is 2. The number of benzene rings is 2. The Morgan fingerprint density at radius 3 is 2.76 bits per heavy atom. The number of carbonyl (C=O) groups is 1. The molecule has 1 N–H and O–H groups in total. The molecule has 176 valence electrons. The maximum absolute atomic E-state index is 11.9. The summed E-state index contributed by atoms with van der Waals surface area (Å²) in [6.45, 7) is 5.77. The second-order valence-corrected chi connectivity index (χ2v) is 8.16. The lowest BCUT2D eigenvalue weighted by atomic mass is 10.1. The Morgan fingerprint density at radius 1 is 1.06 bits per heavy atom. The molecule has 0 bridgehead atoms. The van der Waals surface area contributed by atoms with Crippen LogP contribution in [0.15, 0.2) is 84.0 Å². The first-order chi connectivity index (χ1) is 16.8. The van der Waals surface area contributed by atoms with Gasteiger partial charge in [0.1, 0.15) is 18.2 Å². The summed E-state index contributed by atoms with van der Waals surface area (Å²) in [5.41, 5.74) is 3.29. The highest BCUT2D eigenvalue weighted by Crippen LogP contribution is 2.21. The zero-order valence-corrected chi connectivity index (χ0v) is 19.4. The van der Waals surface area contributed by atoms with E-state index in [9.17, 15) is 4.79 Å². The average molecular weight is 458 g/mol. The van der Waals surface area contributed by atoms with E-state index < -0.39 is 0 Å². The van der Waals surface area contributed by atoms with E-state index in [2.05, 4.69) is 34.7 Å². The van der Waals surface area contributed by atoms with Gasteiger partial charge in [-0.2, -0.15) is 0 Å². The molecule has 0 unspecified atom stereocenters. The number of allylic oxidation sites excluding steroid dienone is 1. The van der Waals surface area contributed by atoms with Crippen LogP contribution in [0.2, 0.25) is 0 Å². The minimum absolute atomic E-state index is 0.165. The minimum atomic E-state index is -0.165. The fraction of sp³-hybridized carbons (Fsp3) is 0.286. The molecular formula is C28H31N3O3. The van der Waals surface area contributed by atoms with Crippen LogP contribution in [0.4, 0.5) is 0 Å². The summed E-state index contributed by atoms with van der Waals surface area (Å²) in [4.78, 5) is 16.8. The molecule has 2 aromatic heterocycles. The third-order valence-electron chi connectivity index (χ3n) is 5.75. The number of hydrogen-bond donors (Lipinski definition) is 1. The van der Waals surface area contributed by atoms with Crippen LogP contribution < -0.4 is 10.1 Å². The van der Waals surface area contributed by atoms with Gasteiger partial charge in [0.05, 0.1) is 23.8 Å². The van der Waals surface area contributed by atoms with Crippen LogP contribution in [0, 0.1) is 0 Å². The Hall–Kier alpha value is -3.80. The Bertz CT molecular complexity index is 1210. The molecule has 4 rings (SSSR count). The summed E-state index contributed by atoms with van der Waals surface area (Å²) in [6, 6.07) is 19.7. The number of carbonyl (C=O) groups excluding carboxylic acids is 1. The SMILES string of the molecule is C=CCc1ccccc1OCCn1c(CCCCCNC(=O)c2ccco2)nc2ccccc21. The minimum Gasteiger partial charge on any atom is -0.491 e. The number of amides is 1. The second-order valence-electron chi connectivity index (χ2n) is 8.16. The van der Waals surface area contributed by atoms with Crippen LogP contribution in [-0.2, 0) is 19.4 Å². The summed E-state index contributed by atoms with van der Waals surface area (Å²) in [6.07, 6.45) is 8.00. The van der Waals surface area contributed by atoms with Gasteiger partial charge in [0.15, 0.2) is 5.76 Å². The first kappa shape index (κ1) is 23.4. The molecule has 0 spiro atoms. The molecule has 0 saturated carbocycles. The van der Waals surface area contributed by atoms with E-state index in [1.807, 2.05) is 36.4 Å². The monoisotopic (exact) mass is 457 g/mol. The van der Waals surface area contributed by atoms with Crippen molar-refractivity contribution in [1.29, 1.82) is 0 Å². The molecule has 0 atom stereocenters. The number of nitrogens with one attached hydrogen (secondary N) is 1. The van der Waals surface area contributed by atoms with Gasteiger partial charge in [-0.05, 0) is 55.2 Å². The van der Waals surface area contributed by atoms with E-state index in [4.69, 9.17) is 14.1 Å². The Labute approximate surface area is 200 Å². The fourth-order valence-corrected chi connectivity index (χ4v) is 4.06. The normalized spacial score (nSPS) is 10.9. The van der Waals surface area contributed by atoms with E-state index in [-0.39, 0.29) is 5.91 Å². The van der Waals surface area contributed by atoms with Crippen LogP contribution in [0.5, 0.6) is 5.75 Å². The lowest BCUT2D eigenvalue weighted by Crippen LogP contribution is -2.23. The lowest BCUT2D eigenvalue weighted by Gasteiger charge is -2.13. The predicted molar refractivity (Wildman–Crippen MR) is 134 cm³/mol. The molecule has 0 aliphatic heterocycles. The first-order valence-electron chi connectivity index (χ1n) is 11.8. The first-order valence-corrected chi connectivity index (χ1v) is 11.8. The Kier molecular flexibility index (Phi) is 8.17. The molecule has 2 heterocycles. The largest absolute Gasteiger partial charge is 0.491 e. The van der Waals surface area contributed by atoms with Gasteiger partial charge in [-0.3, -0.25) is 4.79 Å². The molecule has 0 aliphatic carbocycles. The van der Waals surface area contributed by atoms with E-state index >= 15 is 0 Å². The van der Waals surface area contributed by atoms with Gasteiger partial charge in [0.2, 0.25) is 0 Å². The molecule has 0 fully saturated rings. The molecule has 0 aliphatic rings. The third kappa shape index (κ3) is 5.95.